The van der Waals surface area contributed by atoms with Crippen LogP contribution in [0.1, 0.15) is 44.2 Å². The SMILES string of the molecule is CCC(C)NC(=O)C(Cc1ccccc1)N(Cc1c(Cl)cccc1Cl)C(=O)CCCN(C)S(=O)(=O)c1ccccc1. The molecule has 0 aliphatic carbocycles. The first kappa shape index (κ1) is 32.6. The van der Waals surface area contributed by atoms with Gasteiger partial charge < -0.3 is 10.2 Å². The first-order valence-electron chi connectivity index (χ1n) is 13.6. The predicted octanol–water partition coefficient (Wildman–Crippen LogP) is 5.95. The molecule has 2 amide bonds. The molecule has 3 aromatic rings. The first-order valence-corrected chi connectivity index (χ1v) is 15.8. The molecule has 0 bridgehead atoms. The molecular formula is C31H37Cl2N3O4S. The molecule has 1 N–H and O–H groups in total. The van der Waals surface area contributed by atoms with Crippen LogP contribution in [-0.2, 0) is 32.6 Å². The van der Waals surface area contributed by atoms with Gasteiger partial charge in [-0.3, -0.25) is 9.59 Å². The smallest absolute Gasteiger partial charge is 0.243 e. The highest BCUT2D eigenvalue weighted by Crippen LogP contribution is 2.28. The molecule has 3 aromatic carbocycles. The third kappa shape index (κ3) is 9.04. The lowest BCUT2D eigenvalue weighted by Gasteiger charge is -2.33. The van der Waals surface area contributed by atoms with Crippen LogP contribution in [0.5, 0.6) is 0 Å². The highest BCUT2D eigenvalue weighted by atomic mass is 35.5. The second-order valence-corrected chi connectivity index (χ2v) is 12.8. The summed E-state index contributed by atoms with van der Waals surface area (Å²) in [6.45, 7) is 4.05. The van der Waals surface area contributed by atoms with E-state index < -0.39 is 16.1 Å². The number of nitrogens with zero attached hydrogens (tertiary/aromatic N) is 2. The Morgan fingerprint density at radius 2 is 1.49 bits per heavy atom. The van der Waals surface area contributed by atoms with E-state index >= 15 is 0 Å². The van der Waals surface area contributed by atoms with Gasteiger partial charge in [0.2, 0.25) is 21.8 Å². The molecule has 0 aliphatic rings. The summed E-state index contributed by atoms with van der Waals surface area (Å²) in [6, 6.07) is 21.8. The number of halogens is 2. The number of hydrogen-bond acceptors (Lipinski definition) is 4. The summed E-state index contributed by atoms with van der Waals surface area (Å²) >= 11 is 13.0. The number of sulfonamides is 1. The van der Waals surface area contributed by atoms with Crippen LogP contribution in [0.2, 0.25) is 10.0 Å². The molecule has 41 heavy (non-hydrogen) atoms. The van der Waals surface area contributed by atoms with E-state index in [9.17, 15) is 18.0 Å². The number of carbonyl (C=O) groups is 2. The van der Waals surface area contributed by atoms with E-state index in [-0.39, 0.29) is 48.7 Å². The van der Waals surface area contributed by atoms with Crippen molar-refractivity contribution in [3.05, 3.63) is 100 Å². The lowest BCUT2D eigenvalue weighted by molar-refractivity contribution is -0.141. The fraction of sp³-hybridized carbons (Fsp3) is 0.355. The Bertz CT molecular complexity index is 1390. The molecule has 0 spiro atoms. The van der Waals surface area contributed by atoms with Gasteiger partial charge >= 0.3 is 0 Å². The molecule has 7 nitrogen and oxygen atoms in total. The van der Waals surface area contributed by atoms with Gasteiger partial charge in [0.25, 0.3) is 0 Å². The molecule has 0 heterocycles. The van der Waals surface area contributed by atoms with Gasteiger partial charge in [0.1, 0.15) is 6.04 Å². The van der Waals surface area contributed by atoms with Crippen LogP contribution in [0.15, 0.2) is 83.8 Å². The number of carbonyl (C=O) groups excluding carboxylic acids is 2. The Morgan fingerprint density at radius 3 is 2.07 bits per heavy atom. The van der Waals surface area contributed by atoms with Gasteiger partial charge in [-0.2, -0.15) is 0 Å². The summed E-state index contributed by atoms with van der Waals surface area (Å²) in [7, 11) is -2.20. The number of nitrogens with one attached hydrogen (secondary N) is 1. The normalized spacial score (nSPS) is 13.0. The minimum Gasteiger partial charge on any atom is -0.352 e. The zero-order valence-corrected chi connectivity index (χ0v) is 25.9. The van der Waals surface area contributed by atoms with E-state index in [0.717, 1.165) is 12.0 Å². The third-order valence-corrected chi connectivity index (χ3v) is 9.56. The maximum Gasteiger partial charge on any atom is 0.243 e. The molecular weight excluding hydrogens is 581 g/mol. The molecule has 10 heteroatoms. The molecule has 2 atom stereocenters. The van der Waals surface area contributed by atoms with Crippen molar-refractivity contribution in [2.24, 2.45) is 0 Å². The maximum atomic E-state index is 13.9. The van der Waals surface area contributed by atoms with Gasteiger partial charge in [-0.25, -0.2) is 12.7 Å². The van der Waals surface area contributed by atoms with Crippen molar-refractivity contribution in [3.63, 3.8) is 0 Å². The highest BCUT2D eigenvalue weighted by Gasteiger charge is 2.32. The zero-order valence-electron chi connectivity index (χ0n) is 23.6. The molecule has 0 aliphatic heterocycles. The van der Waals surface area contributed by atoms with Crippen molar-refractivity contribution in [1.29, 1.82) is 0 Å². The van der Waals surface area contributed by atoms with Crippen LogP contribution < -0.4 is 5.32 Å². The Kier molecular flexibility index (Phi) is 12.2. The van der Waals surface area contributed by atoms with Crippen LogP contribution in [-0.4, -0.2) is 55.1 Å². The van der Waals surface area contributed by atoms with E-state index in [1.165, 1.54) is 28.4 Å². The third-order valence-electron chi connectivity index (χ3n) is 6.98. The second kappa shape index (κ2) is 15.4. The molecule has 2 unspecified atom stereocenters. The van der Waals surface area contributed by atoms with E-state index in [0.29, 0.717) is 22.0 Å². The van der Waals surface area contributed by atoms with Crippen LogP contribution in [0.3, 0.4) is 0 Å². The van der Waals surface area contributed by atoms with Crippen molar-refractivity contribution in [2.75, 3.05) is 13.6 Å². The Balaban J connectivity index is 1.88. The summed E-state index contributed by atoms with van der Waals surface area (Å²) < 4.78 is 27.1. The van der Waals surface area contributed by atoms with Crippen LogP contribution in [0.25, 0.3) is 0 Å². The molecule has 0 radical (unpaired) electrons. The van der Waals surface area contributed by atoms with Gasteiger partial charge in [-0.1, -0.05) is 84.7 Å². The molecule has 0 saturated heterocycles. The zero-order chi connectivity index (χ0) is 30.0. The van der Waals surface area contributed by atoms with E-state index in [2.05, 4.69) is 5.32 Å². The standard InChI is InChI=1S/C31H37Cl2N3O4S/c1-4-23(2)34-31(38)29(21-24-13-7-5-8-14-24)36(22-26-27(32)17-11-18-28(26)33)30(37)19-12-20-35(3)41(39,40)25-15-9-6-10-16-25/h5-11,13-18,23,29H,4,12,19-22H2,1-3H3,(H,34,38). The summed E-state index contributed by atoms with van der Waals surface area (Å²) in [5.74, 6) is -0.574. The Labute approximate surface area is 253 Å². The van der Waals surface area contributed by atoms with Crippen LogP contribution in [0, 0.1) is 0 Å². The first-order chi connectivity index (χ1) is 19.5. The van der Waals surface area contributed by atoms with E-state index in [1.54, 1.807) is 36.4 Å². The number of amides is 2. The van der Waals surface area contributed by atoms with Gasteiger partial charge in [-0.05, 0) is 49.6 Å². The van der Waals surface area contributed by atoms with Gasteiger partial charge in [0.05, 0.1) is 4.90 Å². The van der Waals surface area contributed by atoms with Crippen LogP contribution in [0.4, 0.5) is 0 Å². The van der Waals surface area contributed by atoms with Gasteiger partial charge in [0, 0.05) is 54.6 Å². The average Bonchev–Trinajstić information content (AvgIpc) is 2.96. The Morgan fingerprint density at radius 1 is 0.902 bits per heavy atom. The largest absolute Gasteiger partial charge is 0.352 e. The number of benzene rings is 3. The summed E-state index contributed by atoms with van der Waals surface area (Å²) in [5.41, 5.74) is 1.44. The van der Waals surface area contributed by atoms with Crippen LogP contribution >= 0.6 is 23.2 Å². The van der Waals surface area contributed by atoms with E-state index in [1.807, 2.05) is 44.2 Å². The van der Waals surface area contributed by atoms with Gasteiger partial charge in [0.15, 0.2) is 0 Å². The summed E-state index contributed by atoms with van der Waals surface area (Å²) in [6.07, 6.45) is 1.31. The van der Waals surface area contributed by atoms with Gasteiger partial charge in [-0.15, -0.1) is 0 Å². The molecule has 220 valence electrons. The van der Waals surface area contributed by atoms with Crippen molar-refractivity contribution >= 4 is 45.0 Å². The molecule has 0 saturated carbocycles. The minimum absolute atomic E-state index is 0.0264. The fourth-order valence-electron chi connectivity index (χ4n) is 4.34. The summed E-state index contributed by atoms with van der Waals surface area (Å²) in [5, 5.41) is 3.81. The van der Waals surface area contributed by atoms with Crippen molar-refractivity contribution < 1.29 is 18.0 Å². The molecule has 0 fully saturated rings. The van der Waals surface area contributed by atoms with Crippen molar-refractivity contribution in [3.8, 4) is 0 Å². The molecule has 3 rings (SSSR count). The lowest BCUT2D eigenvalue weighted by atomic mass is 10.0. The van der Waals surface area contributed by atoms with E-state index in [4.69, 9.17) is 23.2 Å². The summed E-state index contributed by atoms with van der Waals surface area (Å²) in [4.78, 5) is 29.2. The molecule has 0 aromatic heterocycles. The fourth-order valence-corrected chi connectivity index (χ4v) is 6.09. The minimum atomic E-state index is -3.69. The quantitative estimate of drug-likeness (QED) is 0.242. The maximum absolute atomic E-state index is 13.9. The van der Waals surface area contributed by atoms with Crippen molar-refractivity contribution in [1.82, 2.24) is 14.5 Å². The highest BCUT2D eigenvalue weighted by molar-refractivity contribution is 7.89. The predicted molar refractivity (Wildman–Crippen MR) is 164 cm³/mol. The topological polar surface area (TPSA) is 86.8 Å². The number of rotatable bonds is 14. The number of hydrogen-bond donors (Lipinski definition) is 1. The Hall–Kier alpha value is -2.91. The second-order valence-electron chi connectivity index (χ2n) is 9.99. The average molecular weight is 619 g/mol. The lowest BCUT2D eigenvalue weighted by Crippen LogP contribution is -2.52. The van der Waals surface area contributed by atoms with Crippen molar-refractivity contribution in [2.45, 2.75) is 63.1 Å². The monoisotopic (exact) mass is 617 g/mol.